The lowest BCUT2D eigenvalue weighted by atomic mass is 10.1. The molecule has 8 nitrogen and oxygen atoms in total. The summed E-state index contributed by atoms with van der Waals surface area (Å²) in [7, 11) is 0. The summed E-state index contributed by atoms with van der Waals surface area (Å²) in [5, 5.41) is 29.7. The van der Waals surface area contributed by atoms with Crippen LogP contribution in [0.2, 0.25) is 5.02 Å². The molecule has 4 aromatic rings. The van der Waals surface area contributed by atoms with Crippen molar-refractivity contribution in [3.63, 3.8) is 0 Å². The Kier molecular flexibility index (Phi) is 11.2. The molecule has 0 fully saturated rings. The van der Waals surface area contributed by atoms with Crippen LogP contribution in [0.5, 0.6) is 5.75 Å². The molecule has 36 heavy (non-hydrogen) atoms. The second kappa shape index (κ2) is 14.4. The summed E-state index contributed by atoms with van der Waals surface area (Å²) in [6, 6.07) is 24.7. The van der Waals surface area contributed by atoms with E-state index in [0.717, 1.165) is 23.6 Å². The van der Waals surface area contributed by atoms with Crippen LogP contribution in [0.3, 0.4) is 0 Å². The maximum atomic E-state index is 10.8. The van der Waals surface area contributed by atoms with Gasteiger partial charge < -0.3 is 17.1 Å². The predicted octanol–water partition coefficient (Wildman–Crippen LogP) is 6.17. The minimum Gasteiger partial charge on any atom is -1.00 e. The number of non-ortho nitro benzene ring substituents is 1. The summed E-state index contributed by atoms with van der Waals surface area (Å²) >= 11 is 6.11. The van der Waals surface area contributed by atoms with Crippen LogP contribution in [0.1, 0.15) is 19.8 Å². The Hall–Kier alpha value is -4.06. The number of azo groups is 1. The molecule has 0 amide bonds. The Bertz CT molecular complexity index is 1380. The standard InChI is InChI=1S/C20H18ClN3O3.C6H5N2.ClH/c1-2-3-12-27-19-11-8-14-6-4-5-7-16(14)20(19)23-22-18-10-9-15(24(25)26)13-17(18)21;7-8-6-4-2-1-3-5-6;/h4-11,13H,2-3,12H2,1H3;1-5H;1H/q;+1;/p-1. The lowest BCUT2D eigenvalue weighted by Crippen LogP contribution is -3.00. The minimum atomic E-state index is -0.503. The number of ether oxygens (including phenoxy) is 1. The molecule has 0 aliphatic heterocycles. The van der Waals surface area contributed by atoms with Gasteiger partial charge in [0.25, 0.3) is 5.69 Å². The molecule has 10 heteroatoms. The van der Waals surface area contributed by atoms with E-state index in [1.165, 1.54) is 18.2 Å². The van der Waals surface area contributed by atoms with Gasteiger partial charge in [0, 0.05) is 29.7 Å². The predicted molar refractivity (Wildman–Crippen MR) is 138 cm³/mol. The normalized spacial score (nSPS) is 10.1. The molecule has 0 radical (unpaired) electrons. The third kappa shape index (κ3) is 7.73. The van der Waals surface area contributed by atoms with Gasteiger partial charge in [0.2, 0.25) is 5.39 Å². The highest BCUT2D eigenvalue weighted by molar-refractivity contribution is 6.33. The van der Waals surface area contributed by atoms with E-state index in [1.54, 1.807) is 12.1 Å². The van der Waals surface area contributed by atoms with Crippen molar-refractivity contribution < 1.29 is 22.1 Å². The summed E-state index contributed by atoms with van der Waals surface area (Å²) in [6.45, 7) is 2.69. The first-order valence-electron chi connectivity index (χ1n) is 10.9. The molecular weight excluding hydrogens is 501 g/mol. The second-order valence-electron chi connectivity index (χ2n) is 7.36. The van der Waals surface area contributed by atoms with Crippen molar-refractivity contribution >= 4 is 45.1 Å². The van der Waals surface area contributed by atoms with E-state index in [-0.39, 0.29) is 23.1 Å². The zero-order valence-corrected chi connectivity index (χ0v) is 20.9. The number of nitro groups is 1. The topological polar surface area (TPSA) is 105 Å². The first-order valence-corrected chi connectivity index (χ1v) is 11.3. The van der Waals surface area contributed by atoms with Gasteiger partial charge in [0.15, 0.2) is 4.98 Å². The van der Waals surface area contributed by atoms with E-state index in [2.05, 4.69) is 22.1 Å². The summed E-state index contributed by atoms with van der Waals surface area (Å²) in [5.41, 5.74) is 1.47. The Labute approximate surface area is 219 Å². The summed E-state index contributed by atoms with van der Waals surface area (Å²) in [5.74, 6) is 0.643. The van der Waals surface area contributed by atoms with Gasteiger partial charge in [0.05, 0.1) is 16.6 Å². The highest BCUT2D eigenvalue weighted by Gasteiger charge is 2.11. The van der Waals surface area contributed by atoms with Gasteiger partial charge in [0.1, 0.15) is 17.1 Å². The van der Waals surface area contributed by atoms with Crippen molar-refractivity contribution in [1.29, 1.82) is 5.39 Å². The Morgan fingerprint density at radius 2 is 1.72 bits per heavy atom. The van der Waals surface area contributed by atoms with Gasteiger partial charge in [-0.2, -0.15) is 0 Å². The third-order valence-electron chi connectivity index (χ3n) is 4.89. The number of halogens is 2. The van der Waals surface area contributed by atoms with E-state index in [4.69, 9.17) is 21.7 Å². The van der Waals surface area contributed by atoms with E-state index in [9.17, 15) is 10.1 Å². The number of diazo groups is 1. The molecule has 0 saturated carbocycles. The van der Waals surface area contributed by atoms with Crippen molar-refractivity contribution in [2.24, 2.45) is 10.2 Å². The van der Waals surface area contributed by atoms with Gasteiger partial charge >= 0.3 is 5.69 Å². The van der Waals surface area contributed by atoms with Gasteiger partial charge in [-0.05, 0) is 23.9 Å². The molecule has 0 aliphatic rings. The number of rotatable bonds is 7. The monoisotopic (exact) mass is 523 g/mol. The van der Waals surface area contributed by atoms with Crippen LogP contribution in [0.25, 0.3) is 15.7 Å². The van der Waals surface area contributed by atoms with Gasteiger partial charge in [-0.25, -0.2) is 0 Å². The van der Waals surface area contributed by atoms with Crippen LogP contribution in [0.4, 0.5) is 22.7 Å². The van der Waals surface area contributed by atoms with Gasteiger partial charge in [-0.15, -0.1) is 10.2 Å². The van der Waals surface area contributed by atoms with E-state index < -0.39 is 4.92 Å². The summed E-state index contributed by atoms with van der Waals surface area (Å²) < 4.78 is 5.88. The molecule has 0 N–H and O–H groups in total. The van der Waals surface area contributed by atoms with Gasteiger partial charge in [-0.3, -0.25) is 10.1 Å². The highest BCUT2D eigenvalue weighted by Crippen LogP contribution is 2.38. The van der Waals surface area contributed by atoms with Crippen LogP contribution in [-0.2, 0) is 0 Å². The molecule has 4 aromatic carbocycles. The minimum absolute atomic E-state index is 0. The molecule has 0 aliphatic carbocycles. The number of nitro benzene ring substituents is 1. The van der Waals surface area contributed by atoms with Gasteiger partial charge in [-0.1, -0.05) is 73.5 Å². The molecule has 0 unspecified atom stereocenters. The first kappa shape index (κ1) is 28.2. The average molecular weight is 524 g/mol. The van der Waals surface area contributed by atoms with Crippen LogP contribution in [-0.4, -0.2) is 11.5 Å². The van der Waals surface area contributed by atoms with Crippen molar-refractivity contribution in [2.75, 3.05) is 6.61 Å². The fourth-order valence-corrected chi connectivity index (χ4v) is 3.28. The maximum Gasteiger partial charge on any atom is 0.385 e. The lowest BCUT2D eigenvalue weighted by molar-refractivity contribution is -0.384. The summed E-state index contributed by atoms with van der Waals surface area (Å²) in [4.78, 5) is 13.3. The molecule has 0 bridgehead atoms. The summed E-state index contributed by atoms with van der Waals surface area (Å²) in [6.07, 6.45) is 1.97. The fourth-order valence-electron chi connectivity index (χ4n) is 3.07. The van der Waals surface area contributed by atoms with Crippen molar-refractivity contribution in [1.82, 2.24) is 0 Å². The SMILES string of the molecule is CCCCOc1ccc2ccccc2c1N=Nc1ccc([N+](=O)[O-])cc1Cl.N#[N+]c1ccccc1.[Cl-]. The smallest absolute Gasteiger partial charge is 0.385 e. The molecule has 0 aromatic heterocycles. The second-order valence-corrected chi connectivity index (χ2v) is 7.77. The largest absolute Gasteiger partial charge is 1.00 e. The average Bonchev–Trinajstić information content (AvgIpc) is 2.89. The zero-order valence-electron chi connectivity index (χ0n) is 19.4. The molecule has 0 saturated heterocycles. The highest BCUT2D eigenvalue weighted by atomic mass is 35.5. The molecular formula is C26H23Cl2N5O3. The molecule has 0 heterocycles. The van der Waals surface area contributed by atoms with Crippen LogP contribution in [0, 0.1) is 15.5 Å². The maximum absolute atomic E-state index is 10.8. The number of benzene rings is 4. The quantitative estimate of drug-likeness (QED) is 0.0948. The number of unbranched alkanes of at least 4 members (excludes halogenated alkanes) is 1. The van der Waals surface area contributed by atoms with Crippen LogP contribution >= 0.6 is 11.6 Å². The molecule has 4 rings (SSSR count). The van der Waals surface area contributed by atoms with E-state index in [0.29, 0.717) is 29.4 Å². The Morgan fingerprint density at radius 1 is 1.00 bits per heavy atom. The zero-order chi connectivity index (χ0) is 25.0. The molecule has 184 valence electrons. The van der Waals surface area contributed by atoms with E-state index >= 15 is 0 Å². The van der Waals surface area contributed by atoms with Crippen molar-refractivity contribution in [2.45, 2.75) is 19.8 Å². The van der Waals surface area contributed by atoms with Crippen LogP contribution in [0.15, 0.2) is 95.2 Å². The number of hydrogen-bond acceptors (Lipinski definition) is 6. The Balaban J connectivity index is 0.000000433. The first-order chi connectivity index (χ1) is 17.0. The number of hydrogen-bond donors (Lipinski definition) is 0. The Morgan fingerprint density at radius 3 is 2.36 bits per heavy atom. The van der Waals surface area contributed by atoms with Crippen molar-refractivity contribution in [3.8, 4) is 5.75 Å². The number of fused-ring (bicyclic) bond motifs is 1. The number of nitrogens with zero attached hydrogens (tertiary/aromatic N) is 5. The fraction of sp³-hybridized carbons (Fsp3) is 0.154. The van der Waals surface area contributed by atoms with Crippen molar-refractivity contribution in [3.05, 3.63) is 105 Å². The van der Waals surface area contributed by atoms with E-state index in [1.807, 2.05) is 54.6 Å². The molecule has 0 spiro atoms. The molecule has 0 atom stereocenters. The lowest BCUT2D eigenvalue weighted by Gasteiger charge is -2.10. The third-order valence-corrected chi connectivity index (χ3v) is 5.19. The van der Waals surface area contributed by atoms with Crippen LogP contribution < -0.4 is 17.1 Å².